The first-order valence-electron chi connectivity index (χ1n) is 5.15. The van der Waals surface area contributed by atoms with E-state index in [0.717, 1.165) is 25.9 Å². The Morgan fingerprint density at radius 3 is 2.33 bits per heavy atom. The number of piperidine rings is 1. The highest BCUT2D eigenvalue weighted by Gasteiger charge is 2.17. The van der Waals surface area contributed by atoms with Crippen LogP contribution in [0, 0.1) is 5.92 Å². The Balaban J connectivity index is 0.000000162. The van der Waals surface area contributed by atoms with Crippen molar-refractivity contribution in [3.63, 3.8) is 0 Å². The molecule has 1 aliphatic heterocycles. The number of hydrogen-bond acceptors (Lipinski definition) is 3. The van der Waals surface area contributed by atoms with Crippen molar-refractivity contribution in [1.29, 1.82) is 0 Å². The van der Waals surface area contributed by atoms with Gasteiger partial charge in [0.2, 0.25) is 5.91 Å². The van der Waals surface area contributed by atoms with Gasteiger partial charge < -0.3 is 11.1 Å². The summed E-state index contributed by atoms with van der Waals surface area (Å²) in [5.74, 6) is -0.0825. The van der Waals surface area contributed by atoms with E-state index in [1.165, 1.54) is 0 Å². The lowest BCUT2D eigenvalue weighted by Gasteiger charge is -2.18. The number of pyridine rings is 1. The fraction of sp³-hybridized carbons (Fsp3) is 0.455. The number of nitrogens with two attached hydrogens (primary N) is 1. The normalized spacial score (nSPS) is 19.9. The highest BCUT2D eigenvalue weighted by molar-refractivity contribution is 5.76. The Labute approximate surface area is 89.9 Å². The number of hydrogen-bond donors (Lipinski definition) is 2. The first-order chi connectivity index (χ1) is 7.30. The molecular weight excluding hydrogens is 190 g/mol. The molecule has 2 heterocycles. The van der Waals surface area contributed by atoms with Gasteiger partial charge in [-0.2, -0.15) is 0 Å². The fourth-order valence-electron chi connectivity index (χ4n) is 1.41. The third-order valence-electron chi connectivity index (χ3n) is 2.27. The molecule has 0 bridgehead atoms. The van der Waals surface area contributed by atoms with Crippen LogP contribution in [0.5, 0.6) is 0 Å². The highest BCUT2D eigenvalue weighted by Crippen LogP contribution is 2.07. The van der Waals surface area contributed by atoms with Gasteiger partial charge in [-0.05, 0) is 31.5 Å². The van der Waals surface area contributed by atoms with E-state index in [4.69, 9.17) is 5.73 Å². The summed E-state index contributed by atoms with van der Waals surface area (Å²) >= 11 is 0. The zero-order valence-electron chi connectivity index (χ0n) is 8.73. The molecule has 0 aromatic carbocycles. The van der Waals surface area contributed by atoms with Gasteiger partial charge in [-0.15, -0.1) is 0 Å². The summed E-state index contributed by atoms with van der Waals surface area (Å²) in [7, 11) is 0. The third kappa shape index (κ3) is 5.12. The van der Waals surface area contributed by atoms with E-state index in [1.807, 2.05) is 18.2 Å². The van der Waals surface area contributed by atoms with Crippen LogP contribution in [0.15, 0.2) is 30.6 Å². The predicted octanol–water partition coefficient (Wildman–Crippen LogP) is 0.553. The highest BCUT2D eigenvalue weighted by atomic mass is 16.1. The van der Waals surface area contributed by atoms with Crippen molar-refractivity contribution in [1.82, 2.24) is 10.3 Å². The maximum Gasteiger partial charge on any atom is 0.221 e. The van der Waals surface area contributed by atoms with E-state index in [2.05, 4.69) is 10.3 Å². The number of carbonyl (C=O) groups excluding carboxylic acids is 1. The van der Waals surface area contributed by atoms with Gasteiger partial charge in [0.15, 0.2) is 0 Å². The largest absolute Gasteiger partial charge is 0.369 e. The number of amides is 1. The molecule has 1 unspecified atom stereocenters. The van der Waals surface area contributed by atoms with E-state index in [-0.39, 0.29) is 11.8 Å². The molecule has 4 heteroatoms. The molecule has 0 radical (unpaired) electrons. The zero-order valence-corrected chi connectivity index (χ0v) is 8.73. The van der Waals surface area contributed by atoms with Crippen LogP contribution in [-0.2, 0) is 4.79 Å². The molecule has 0 aliphatic carbocycles. The predicted molar refractivity (Wildman–Crippen MR) is 59.0 cm³/mol. The summed E-state index contributed by atoms with van der Waals surface area (Å²) in [5.41, 5.74) is 5.09. The first kappa shape index (κ1) is 11.7. The molecule has 1 saturated heterocycles. The molecule has 15 heavy (non-hydrogen) atoms. The summed E-state index contributed by atoms with van der Waals surface area (Å²) in [6.07, 6.45) is 5.54. The molecule has 2 rings (SSSR count). The summed E-state index contributed by atoms with van der Waals surface area (Å²) in [5, 5.41) is 3.12. The number of nitrogens with one attached hydrogen (secondary N) is 1. The van der Waals surface area contributed by atoms with Gasteiger partial charge in [0.05, 0.1) is 5.92 Å². The van der Waals surface area contributed by atoms with Crippen molar-refractivity contribution in [3.8, 4) is 0 Å². The molecule has 1 aliphatic rings. The number of aromatic nitrogens is 1. The minimum atomic E-state index is -0.165. The van der Waals surface area contributed by atoms with Crippen LogP contribution in [0.25, 0.3) is 0 Å². The molecule has 1 aromatic heterocycles. The molecule has 82 valence electrons. The van der Waals surface area contributed by atoms with Crippen LogP contribution in [0.1, 0.15) is 12.8 Å². The Hall–Kier alpha value is -1.42. The van der Waals surface area contributed by atoms with Crippen molar-refractivity contribution in [3.05, 3.63) is 30.6 Å². The molecule has 1 atom stereocenters. The topological polar surface area (TPSA) is 68.0 Å². The van der Waals surface area contributed by atoms with Gasteiger partial charge in [0, 0.05) is 18.9 Å². The van der Waals surface area contributed by atoms with Gasteiger partial charge >= 0.3 is 0 Å². The standard InChI is InChI=1S/C6H12N2O.C5H5N/c7-6(9)5-2-1-3-8-4-5;1-2-4-6-5-3-1/h5,8H,1-4H2,(H2,7,9);1-5H. The van der Waals surface area contributed by atoms with Crippen molar-refractivity contribution >= 4 is 5.91 Å². The molecular formula is C11H17N3O. The second-order valence-electron chi connectivity index (χ2n) is 3.47. The lowest BCUT2D eigenvalue weighted by atomic mass is 9.99. The molecule has 0 spiro atoms. The van der Waals surface area contributed by atoms with Crippen molar-refractivity contribution in [2.24, 2.45) is 11.7 Å². The van der Waals surface area contributed by atoms with Crippen molar-refractivity contribution in [2.75, 3.05) is 13.1 Å². The number of rotatable bonds is 1. The Kier molecular flexibility index (Phi) is 5.40. The molecule has 1 aromatic rings. The van der Waals surface area contributed by atoms with E-state index in [1.54, 1.807) is 12.4 Å². The van der Waals surface area contributed by atoms with Gasteiger partial charge in [-0.1, -0.05) is 6.07 Å². The van der Waals surface area contributed by atoms with Crippen LogP contribution in [0.2, 0.25) is 0 Å². The van der Waals surface area contributed by atoms with Crippen molar-refractivity contribution in [2.45, 2.75) is 12.8 Å². The lowest BCUT2D eigenvalue weighted by Crippen LogP contribution is -2.37. The van der Waals surface area contributed by atoms with Crippen LogP contribution in [0.3, 0.4) is 0 Å². The Bertz CT molecular complexity index is 244. The Morgan fingerprint density at radius 2 is 2.07 bits per heavy atom. The summed E-state index contributed by atoms with van der Waals surface area (Å²) in [6, 6.07) is 5.72. The van der Waals surface area contributed by atoms with Gasteiger partial charge in [-0.3, -0.25) is 9.78 Å². The molecule has 4 nitrogen and oxygen atoms in total. The third-order valence-corrected chi connectivity index (χ3v) is 2.27. The van der Waals surface area contributed by atoms with E-state index in [9.17, 15) is 4.79 Å². The second-order valence-corrected chi connectivity index (χ2v) is 3.47. The minimum Gasteiger partial charge on any atom is -0.369 e. The van der Waals surface area contributed by atoms with Gasteiger partial charge in [0.25, 0.3) is 0 Å². The van der Waals surface area contributed by atoms with E-state index >= 15 is 0 Å². The van der Waals surface area contributed by atoms with Crippen LogP contribution >= 0.6 is 0 Å². The summed E-state index contributed by atoms with van der Waals surface area (Å²) < 4.78 is 0. The monoisotopic (exact) mass is 207 g/mol. The maximum absolute atomic E-state index is 10.5. The molecule has 1 amide bonds. The fourth-order valence-corrected chi connectivity index (χ4v) is 1.41. The second kappa shape index (κ2) is 6.95. The number of carbonyl (C=O) groups is 1. The van der Waals surface area contributed by atoms with Crippen LogP contribution in [-0.4, -0.2) is 24.0 Å². The van der Waals surface area contributed by atoms with Crippen molar-refractivity contribution < 1.29 is 4.79 Å². The van der Waals surface area contributed by atoms with E-state index in [0.29, 0.717) is 0 Å². The maximum atomic E-state index is 10.5. The quantitative estimate of drug-likeness (QED) is 0.706. The number of primary amides is 1. The molecule has 0 saturated carbocycles. The average Bonchev–Trinajstić information content (AvgIpc) is 2.33. The minimum absolute atomic E-state index is 0.0822. The smallest absolute Gasteiger partial charge is 0.221 e. The van der Waals surface area contributed by atoms with Gasteiger partial charge in [0.1, 0.15) is 0 Å². The lowest BCUT2D eigenvalue weighted by molar-refractivity contribution is -0.122. The number of nitrogens with zero attached hydrogens (tertiary/aromatic N) is 1. The average molecular weight is 207 g/mol. The van der Waals surface area contributed by atoms with E-state index < -0.39 is 0 Å². The zero-order chi connectivity index (χ0) is 10.9. The van der Waals surface area contributed by atoms with Gasteiger partial charge in [-0.25, -0.2) is 0 Å². The van der Waals surface area contributed by atoms with Crippen LogP contribution in [0.4, 0.5) is 0 Å². The molecule has 1 fully saturated rings. The van der Waals surface area contributed by atoms with Crippen LogP contribution < -0.4 is 11.1 Å². The SMILES string of the molecule is NC(=O)C1CCCNC1.c1ccncc1. The summed E-state index contributed by atoms with van der Waals surface area (Å²) in [6.45, 7) is 1.80. The Morgan fingerprint density at radius 1 is 1.33 bits per heavy atom. The first-order valence-corrected chi connectivity index (χ1v) is 5.15. The summed E-state index contributed by atoms with van der Waals surface area (Å²) in [4.78, 5) is 14.3. The molecule has 3 N–H and O–H groups in total.